The Bertz CT molecular complexity index is 572. The SMILES string of the molecule is CC(C)(C)N(CC1CCC(=O)CC1)C(=O)O.CN(C(=O)O)C1CCC(F)(F)CC1. The van der Waals surface area contributed by atoms with Crippen LogP contribution in [0, 0.1) is 5.92 Å². The van der Waals surface area contributed by atoms with Crippen LogP contribution in [0.15, 0.2) is 0 Å². The van der Waals surface area contributed by atoms with Crippen LogP contribution in [0.1, 0.15) is 72.1 Å². The smallest absolute Gasteiger partial charge is 0.407 e. The third-order valence-corrected chi connectivity index (χ3v) is 5.68. The zero-order chi connectivity index (χ0) is 22.4. The van der Waals surface area contributed by atoms with Crippen LogP contribution in [0.5, 0.6) is 0 Å². The van der Waals surface area contributed by atoms with Gasteiger partial charge < -0.3 is 20.0 Å². The summed E-state index contributed by atoms with van der Waals surface area (Å²) in [6, 6.07) is -0.239. The predicted molar refractivity (Wildman–Crippen MR) is 104 cm³/mol. The molecule has 0 aromatic rings. The molecular weight excluding hydrogens is 386 g/mol. The molecule has 2 rings (SSSR count). The molecule has 0 radical (unpaired) electrons. The van der Waals surface area contributed by atoms with Gasteiger partial charge in [0.15, 0.2) is 0 Å². The summed E-state index contributed by atoms with van der Waals surface area (Å²) in [5, 5.41) is 17.8. The van der Waals surface area contributed by atoms with E-state index in [0.29, 0.717) is 31.1 Å². The maximum atomic E-state index is 12.7. The van der Waals surface area contributed by atoms with Crippen molar-refractivity contribution in [3.8, 4) is 0 Å². The lowest BCUT2D eigenvalue weighted by Crippen LogP contribution is -2.47. The van der Waals surface area contributed by atoms with E-state index in [2.05, 4.69) is 0 Å². The maximum absolute atomic E-state index is 12.7. The highest BCUT2D eigenvalue weighted by Gasteiger charge is 2.37. The molecule has 2 amide bonds. The maximum Gasteiger partial charge on any atom is 0.407 e. The van der Waals surface area contributed by atoms with Gasteiger partial charge in [0.25, 0.3) is 0 Å². The molecule has 0 unspecified atom stereocenters. The first-order valence-electron chi connectivity index (χ1n) is 10.1. The molecule has 2 aliphatic rings. The van der Waals surface area contributed by atoms with Gasteiger partial charge in [-0.1, -0.05) is 0 Å². The van der Waals surface area contributed by atoms with Crippen molar-refractivity contribution in [3.05, 3.63) is 0 Å². The van der Waals surface area contributed by atoms with Gasteiger partial charge in [0.2, 0.25) is 5.92 Å². The van der Waals surface area contributed by atoms with Crippen LogP contribution in [0.4, 0.5) is 18.4 Å². The summed E-state index contributed by atoms with van der Waals surface area (Å²) < 4.78 is 25.4. The van der Waals surface area contributed by atoms with Gasteiger partial charge in [0.05, 0.1) is 0 Å². The van der Waals surface area contributed by atoms with E-state index in [0.717, 1.165) is 17.7 Å². The Hall–Kier alpha value is -1.93. The number of hydrogen-bond acceptors (Lipinski definition) is 3. The fourth-order valence-electron chi connectivity index (χ4n) is 3.65. The second-order valence-corrected chi connectivity index (χ2v) is 9.03. The van der Waals surface area contributed by atoms with Crippen molar-refractivity contribution in [1.29, 1.82) is 0 Å². The van der Waals surface area contributed by atoms with Crippen LogP contribution in [-0.4, -0.2) is 69.1 Å². The third-order valence-electron chi connectivity index (χ3n) is 5.68. The van der Waals surface area contributed by atoms with E-state index in [4.69, 9.17) is 10.2 Å². The Morgan fingerprint density at radius 2 is 1.52 bits per heavy atom. The van der Waals surface area contributed by atoms with E-state index in [9.17, 15) is 23.2 Å². The Morgan fingerprint density at radius 3 is 1.90 bits per heavy atom. The lowest BCUT2D eigenvalue weighted by molar-refractivity contribution is -0.121. The number of alkyl halides is 2. The molecule has 2 N–H and O–H groups in total. The molecule has 0 spiro atoms. The summed E-state index contributed by atoms with van der Waals surface area (Å²) in [6.07, 6.45) is 1.09. The van der Waals surface area contributed by atoms with Crippen LogP contribution in [-0.2, 0) is 4.79 Å². The minimum Gasteiger partial charge on any atom is -0.465 e. The second kappa shape index (κ2) is 10.2. The first-order chi connectivity index (χ1) is 13.2. The number of Topliss-reactive ketones (excluding diaryl/α,β-unsaturated/α-hetero) is 1. The first-order valence-corrected chi connectivity index (χ1v) is 10.1. The Morgan fingerprint density at radius 1 is 1.03 bits per heavy atom. The number of nitrogens with zero attached hydrogens (tertiary/aromatic N) is 2. The van der Waals surface area contributed by atoms with Gasteiger partial charge in [0, 0.05) is 50.9 Å². The Kier molecular flexibility index (Phi) is 8.84. The van der Waals surface area contributed by atoms with E-state index in [-0.39, 0.29) is 37.3 Å². The molecular formula is C20H34F2N2O5. The van der Waals surface area contributed by atoms with Crippen molar-refractivity contribution in [2.75, 3.05) is 13.6 Å². The predicted octanol–water partition coefficient (Wildman–Crippen LogP) is 4.70. The molecule has 0 aromatic carbocycles. The zero-order valence-electron chi connectivity index (χ0n) is 17.8. The van der Waals surface area contributed by atoms with Crippen LogP contribution in [0.3, 0.4) is 0 Å². The molecule has 0 heterocycles. The first kappa shape index (κ1) is 25.1. The Labute approximate surface area is 171 Å². The Balaban J connectivity index is 0.000000296. The van der Waals surface area contributed by atoms with Gasteiger partial charge in [-0.15, -0.1) is 0 Å². The number of carbonyl (C=O) groups excluding carboxylic acids is 1. The van der Waals surface area contributed by atoms with Crippen LogP contribution in [0.25, 0.3) is 0 Å². The average Bonchev–Trinajstić information content (AvgIpc) is 2.59. The molecule has 29 heavy (non-hydrogen) atoms. The minimum absolute atomic E-state index is 0.199. The van der Waals surface area contributed by atoms with Gasteiger partial charge >= 0.3 is 12.2 Å². The van der Waals surface area contributed by atoms with E-state index >= 15 is 0 Å². The quantitative estimate of drug-likeness (QED) is 0.690. The topological polar surface area (TPSA) is 98.2 Å². The molecule has 2 aliphatic carbocycles. The van der Waals surface area contributed by atoms with Gasteiger partial charge in [-0.2, -0.15) is 0 Å². The number of carboxylic acid groups (broad SMARTS) is 2. The monoisotopic (exact) mass is 420 g/mol. The van der Waals surface area contributed by atoms with Crippen LogP contribution >= 0.6 is 0 Å². The summed E-state index contributed by atoms with van der Waals surface area (Å²) in [4.78, 5) is 35.3. The van der Waals surface area contributed by atoms with Crippen molar-refractivity contribution >= 4 is 18.0 Å². The number of carbonyl (C=O) groups is 3. The van der Waals surface area contributed by atoms with Crippen molar-refractivity contribution in [2.45, 2.75) is 89.6 Å². The van der Waals surface area contributed by atoms with Gasteiger partial charge in [-0.25, -0.2) is 18.4 Å². The molecule has 168 valence electrons. The van der Waals surface area contributed by atoms with Gasteiger partial charge in [-0.05, 0) is 52.4 Å². The normalized spacial score (nSPS) is 20.4. The summed E-state index contributed by atoms with van der Waals surface area (Å²) in [6.45, 7) is 6.24. The summed E-state index contributed by atoms with van der Waals surface area (Å²) in [5.74, 6) is -1.93. The number of amides is 2. The van der Waals surface area contributed by atoms with E-state index in [1.807, 2.05) is 20.8 Å². The number of halogens is 2. The largest absolute Gasteiger partial charge is 0.465 e. The molecule has 2 saturated carbocycles. The van der Waals surface area contributed by atoms with E-state index in [1.165, 1.54) is 11.9 Å². The fraction of sp³-hybridized carbons (Fsp3) is 0.850. The lowest BCUT2D eigenvalue weighted by atomic mass is 9.87. The molecule has 7 nitrogen and oxygen atoms in total. The minimum atomic E-state index is -2.59. The lowest BCUT2D eigenvalue weighted by Gasteiger charge is -2.36. The second-order valence-electron chi connectivity index (χ2n) is 9.03. The molecule has 0 aliphatic heterocycles. The molecule has 2 fully saturated rings. The average molecular weight is 420 g/mol. The van der Waals surface area contributed by atoms with Crippen molar-refractivity contribution < 1.29 is 33.4 Å². The molecule has 0 aromatic heterocycles. The number of ketones is 1. The molecule has 0 atom stereocenters. The van der Waals surface area contributed by atoms with Crippen molar-refractivity contribution in [3.63, 3.8) is 0 Å². The van der Waals surface area contributed by atoms with Gasteiger partial charge in [-0.3, -0.25) is 4.79 Å². The van der Waals surface area contributed by atoms with E-state index in [1.54, 1.807) is 0 Å². The van der Waals surface area contributed by atoms with Crippen LogP contribution < -0.4 is 0 Å². The number of hydrogen-bond donors (Lipinski definition) is 2. The fourth-order valence-corrected chi connectivity index (χ4v) is 3.65. The van der Waals surface area contributed by atoms with Crippen LogP contribution in [0.2, 0.25) is 0 Å². The summed E-state index contributed by atoms with van der Waals surface area (Å²) in [5.41, 5.74) is -0.368. The highest BCUT2D eigenvalue weighted by Crippen LogP contribution is 2.34. The third kappa shape index (κ3) is 8.53. The van der Waals surface area contributed by atoms with Gasteiger partial charge in [0.1, 0.15) is 5.78 Å². The standard InChI is InChI=1S/C12H21NO3.C8H13F2NO2/c1-12(2,3)13(11(15)16)8-9-4-6-10(14)7-5-9;1-11(7(12)13)6-2-4-8(9,10)5-3-6/h9H,4-8H2,1-3H3,(H,15,16);6H,2-5H2,1H3,(H,12,13). The zero-order valence-corrected chi connectivity index (χ0v) is 17.8. The molecule has 0 bridgehead atoms. The molecule has 0 saturated heterocycles. The van der Waals surface area contributed by atoms with Crippen molar-refractivity contribution in [1.82, 2.24) is 9.80 Å². The highest BCUT2D eigenvalue weighted by atomic mass is 19.3. The highest BCUT2D eigenvalue weighted by molar-refractivity contribution is 5.79. The summed E-state index contributed by atoms with van der Waals surface area (Å²) in [7, 11) is 1.43. The number of rotatable bonds is 3. The molecule has 9 heteroatoms. The van der Waals surface area contributed by atoms with E-state index < -0.39 is 18.1 Å². The van der Waals surface area contributed by atoms with Crippen molar-refractivity contribution in [2.24, 2.45) is 5.92 Å². The summed E-state index contributed by atoms with van der Waals surface area (Å²) >= 11 is 0.